The van der Waals surface area contributed by atoms with Gasteiger partial charge in [0.1, 0.15) is 11.8 Å². The van der Waals surface area contributed by atoms with Gasteiger partial charge in [-0.3, -0.25) is 4.79 Å². The first-order chi connectivity index (χ1) is 13.5. The van der Waals surface area contributed by atoms with Gasteiger partial charge in [0.05, 0.1) is 15.6 Å². The van der Waals surface area contributed by atoms with E-state index in [1.807, 2.05) is 0 Å². The number of halogens is 8. The van der Waals surface area contributed by atoms with E-state index in [2.05, 4.69) is 5.10 Å². The molecule has 0 aliphatic carbocycles. The smallest absolute Gasteiger partial charge is 0.310 e. The second-order valence-electron chi connectivity index (χ2n) is 5.47. The number of carbonyl (C=O) groups is 1. The number of anilines is 1. The maximum absolute atomic E-state index is 13.1. The van der Waals surface area contributed by atoms with Gasteiger partial charge in [-0.15, -0.1) is 0 Å². The molecule has 1 N–H and O–H groups in total. The lowest BCUT2D eigenvalue weighted by Crippen LogP contribution is -2.25. The number of hydrogen-bond acceptors (Lipinski definition) is 5. The molecular formula is C14H6Cl2F6N4O3S. The molecule has 162 valence electrons. The van der Waals surface area contributed by atoms with Crippen LogP contribution in [0.2, 0.25) is 10.0 Å². The van der Waals surface area contributed by atoms with Crippen LogP contribution in [0.4, 0.5) is 32.2 Å². The zero-order valence-electron chi connectivity index (χ0n) is 14.2. The van der Waals surface area contributed by atoms with Crippen LogP contribution < -0.4 is 5.32 Å². The molecule has 0 aliphatic rings. The number of benzene rings is 1. The summed E-state index contributed by atoms with van der Waals surface area (Å²) in [5.74, 6) is -2.27. The normalized spacial score (nSPS) is 12.5. The molecule has 1 aromatic heterocycles. The summed E-state index contributed by atoms with van der Waals surface area (Å²) in [4.78, 5) is 9.73. The molecule has 1 aromatic carbocycles. The van der Waals surface area contributed by atoms with Gasteiger partial charge in [-0.25, -0.2) is 13.1 Å². The Morgan fingerprint density at radius 3 is 2.03 bits per heavy atom. The maximum Gasteiger partial charge on any atom is 0.502 e. The Morgan fingerprint density at radius 1 is 1.17 bits per heavy atom. The summed E-state index contributed by atoms with van der Waals surface area (Å²) >= 11 is 11.6. The summed E-state index contributed by atoms with van der Waals surface area (Å²) in [6, 6.07) is 1.83. The zero-order chi connectivity index (χ0) is 23.2. The van der Waals surface area contributed by atoms with Crippen molar-refractivity contribution >= 4 is 44.8 Å². The fraction of sp³-hybridized carbons (Fsp3) is 0.214. The van der Waals surface area contributed by atoms with Gasteiger partial charge >= 0.3 is 11.7 Å². The van der Waals surface area contributed by atoms with E-state index in [9.17, 15) is 39.6 Å². The minimum atomic E-state index is -6.23. The third kappa shape index (κ3) is 4.18. The largest absolute Gasteiger partial charge is 0.502 e. The van der Waals surface area contributed by atoms with Gasteiger partial charge in [-0.05, 0) is 12.1 Å². The molecule has 0 saturated heterocycles. The standard InChI is InChI=1S/C14H6Cl2F6N4O3S/c1-5(27)24-12-11(30(28,29)14(20,21)22)9(4-23)25-26(12)10-7(15)2-6(3-8(10)16)13(17,18)19/h2-3H,1H3,(H,24,27). The molecule has 0 saturated carbocycles. The summed E-state index contributed by atoms with van der Waals surface area (Å²) in [5.41, 5.74) is -9.22. The van der Waals surface area contributed by atoms with Crippen LogP contribution in [-0.2, 0) is 20.8 Å². The van der Waals surface area contributed by atoms with E-state index in [-0.39, 0.29) is 4.68 Å². The Labute approximate surface area is 173 Å². The Hall–Kier alpha value is -2.50. The van der Waals surface area contributed by atoms with E-state index in [1.54, 1.807) is 5.32 Å². The molecule has 0 aliphatic heterocycles. The van der Waals surface area contributed by atoms with E-state index in [0.717, 1.165) is 13.0 Å². The zero-order valence-corrected chi connectivity index (χ0v) is 16.5. The number of aromatic nitrogens is 2. The number of alkyl halides is 6. The fourth-order valence-corrected chi connectivity index (χ4v) is 3.83. The molecule has 0 unspecified atom stereocenters. The van der Waals surface area contributed by atoms with E-state index >= 15 is 0 Å². The highest BCUT2D eigenvalue weighted by Crippen LogP contribution is 2.42. The lowest BCUT2D eigenvalue weighted by atomic mass is 10.2. The molecule has 1 amide bonds. The quantitative estimate of drug-likeness (QED) is 0.639. The summed E-state index contributed by atoms with van der Waals surface area (Å²) in [6.07, 6.45) is -4.89. The molecule has 0 atom stereocenters. The van der Waals surface area contributed by atoms with Gasteiger partial charge in [0.15, 0.2) is 16.4 Å². The van der Waals surface area contributed by atoms with Crippen molar-refractivity contribution in [2.75, 3.05) is 5.32 Å². The molecular weight excluding hydrogens is 489 g/mol. The number of carbonyl (C=O) groups excluding carboxylic acids is 1. The highest BCUT2D eigenvalue weighted by atomic mass is 35.5. The summed E-state index contributed by atoms with van der Waals surface area (Å²) in [5, 5.41) is 12.6. The van der Waals surface area contributed by atoms with Crippen LogP contribution in [0.3, 0.4) is 0 Å². The highest BCUT2D eigenvalue weighted by molar-refractivity contribution is 7.92. The number of amides is 1. The van der Waals surface area contributed by atoms with Gasteiger partial charge in [0.25, 0.3) is 9.84 Å². The molecule has 30 heavy (non-hydrogen) atoms. The maximum atomic E-state index is 13.1. The first kappa shape index (κ1) is 23.8. The van der Waals surface area contributed by atoms with Gasteiger partial charge < -0.3 is 5.32 Å². The van der Waals surface area contributed by atoms with Crippen molar-refractivity contribution in [3.63, 3.8) is 0 Å². The van der Waals surface area contributed by atoms with Gasteiger partial charge in [0, 0.05) is 6.92 Å². The molecule has 0 radical (unpaired) electrons. The Bertz CT molecular complexity index is 1160. The summed E-state index contributed by atoms with van der Waals surface area (Å²) in [6.45, 7) is 0.795. The monoisotopic (exact) mass is 494 g/mol. The molecule has 0 bridgehead atoms. The van der Waals surface area contributed by atoms with Crippen molar-refractivity contribution in [2.45, 2.75) is 23.5 Å². The number of nitriles is 1. The summed E-state index contributed by atoms with van der Waals surface area (Å²) in [7, 11) is -6.23. The van der Waals surface area contributed by atoms with Crippen molar-refractivity contribution < 1.29 is 39.6 Å². The molecule has 1 heterocycles. The van der Waals surface area contributed by atoms with E-state index in [4.69, 9.17) is 28.5 Å². The number of nitrogens with zero attached hydrogens (tertiary/aromatic N) is 3. The van der Waals surface area contributed by atoms with Gasteiger partial charge in [0.2, 0.25) is 5.91 Å². The van der Waals surface area contributed by atoms with E-state index in [0.29, 0.717) is 12.1 Å². The van der Waals surface area contributed by atoms with Crippen LogP contribution >= 0.6 is 23.2 Å². The van der Waals surface area contributed by atoms with Crippen LogP contribution in [0.1, 0.15) is 18.2 Å². The van der Waals surface area contributed by atoms with Crippen molar-refractivity contribution in [1.29, 1.82) is 5.26 Å². The van der Waals surface area contributed by atoms with Gasteiger partial charge in [-0.1, -0.05) is 23.2 Å². The molecule has 2 aromatic rings. The third-order valence-electron chi connectivity index (χ3n) is 3.37. The number of hydrogen-bond donors (Lipinski definition) is 1. The first-order valence-electron chi connectivity index (χ1n) is 7.21. The molecule has 16 heteroatoms. The minimum absolute atomic E-state index is 0.239. The van der Waals surface area contributed by atoms with Crippen molar-refractivity contribution in [3.8, 4) is 11.8 Å². The van der Waals surface area contributed by atoms with Crippen LogP contribution in [-0.4, -0.2) is 29.6 Å². The average molecular weight is 495 g/mol. The van der Waals surface area contributed by atoms with E-state index < -0.39 is 65.1 Å². The third-order valence-corrected chi connectivity index (χ3v) is 5.48. The lowest BCUT2D eigenvalue weighted by molar-refractivity contribution is -0.137. The Balaban J connectivity index is 2.97. The van der Waals surface area contributed by atoms with Crippen molar-refractivity contribution in [1.82, 2.24) is 9.78 Å². The lowest BCUT2D eigenvalue weighted by Gasteiger charge is -2.15. The topological polar surface area (TPSA) is 105 Å². The SMILES string of the molecule is CC(=O)Nc1c(S(=O)(=O)C(F)(F)F)c(C#N)nn1-c1c(Cl)cc(C(F)(F)F)cc1Cl. The highest BCUT2D eigenvalue weighted by Gasteiger charge is 2.51. The second kappa shape index (κ2) is 7.64. The number of sulfone groups is 1. The second-order valence-corrected chi connectivity index (χ2v) is 8.16. The fourth-order valence-electron chi connectivity index (χ4n) is 2.22. The predicted molar refractivity (Wildman–Crippen MR) is 90.8 cm³/mol. The first-order valence-corrected chi connectivity index (χ1v) is 9.45. The Morgan fingerprint density at radius 2 is 1.67 bits per heavy atom. The van der Waals surface area contributed by atoms with Gasteiger partial charge in [-0.2, -0.15) is 36.7 Å². The van der Waals surface area contributed by atoms with Crippen LogP contribution in [0.25, 0.3) is 5.69 Å². The van der Waals surface area contributed by atoms with Crippen molar-refractivity contribution in [2.24, 2.45) is 0 Å². The molecule has 7 nitrogen and oxygen atoms in total. The van der Waals surface area contributed by atoms with Crippen molar-refractivity contribution in [3.05, 3.63) is 33.4 Å². The minimum Gasteiger partial charge on any atom is -0.310 e. The van der Waals surface area contributed by atoms with E-state index in [1.165, 1.54) is 0 Å². The molecule has 2 rings (SSSR count). The molecule has 0 spiro atoms. The Kier molecular flexibility index (Phi) is 6.05. The number of rotatable bonds is 3. The summed E-state index contributed by atoms with van der Waals surface area (Å²) < 4.78 is 102. The van der Waals surface area contributed by atoms with Crippen LogP contribution in [0.5, 0.6) is 0 Å². The predicted octanol–water partition coefficient (Wildman–Crippen LogP) is 4.32. The number of nitrogens with one attached hydrogen (secondary N) is 1. The van der Waals surface area contributed by atoms with Crippen LogP contribution in [0, 0.1) is 11.3 Å². The van der Waals surface area contributed by atoms with Crippen LogP contribution in [0.15, 0.2) is 17.0 Å². The average Bonchev–Trinajstić information content (AvgIpc) is 2.90. The molecule has 0 fully saturated rings.